The second-order valence-corrected chi connectivity index (χ2v) is 35.6. The standard InChI is InChI=1S/C23H22ClN3O3.C22H23ClN2O4.C21H22ClFN2O4.C19H18ClFN2O4/c1-15-8-17(5-6-18(15)24)30-11-16(28)9-22-12-23(13-22,14-22)26-21(29)19-10-25-20-4-2-3-7-27(19)20;1-13-6-16(4-5-17(13)23)28-9-15(26)8-21-10-22(11-21,12-21)24-20(27)18-7-19(29-25-18)14-2-3-14;1-12(2)18-6-16(25-29-18)17(26)7-20-9-21(10-20,11-20)24-19(27)8-28-13-3-4-14(22)15(23)5-13;1-11-22-6-16(27-11)15(24)5-18-8-19(9-18,10-18)23-17(25)7-26-12-2-3-13(20)14(21)4-12/h2-8,10H,9,11-14H2,1H3,(H,26,29);4-7,14H,2-3,8-12H2,1H3,(H,24,27);3-6,12H,7-11H2,1-2H3,(H,24,27);2-4,6H,5,7-10H2,1H3,(H,23,25). The topological polar surface area (TPSA) is 317 Å². The van der Waals surface area contributed by atoms with Gasteiger partial charge in [0.25, 0.3) is 23.6 Å². The van der Waals surface area contributed by atoms with E-state index < -0.39 is 11.6 Å². The molecule has 0 atom stereocenters. The van der Waals surface area contributed by atoms with E-state index in [4.69, 9.17) is 78.8 Å². The number of aromatic nitrogens is 5. The van der Waals surface area contributed by atoms with Crippen molar-refractivity contribution in [2.75, 3.05) is 26.4 Å². The van der Waals surface area contributed by atoms with E-state index >= 15 is 0 Å². The molecule has 115 heavy (non-hydrogen) atoms. The number of hydrogen-bond acceptors (Lipinski definition) is 19. The summed E-state index contributed by atoms with van der Waals surface area (Å²) in [5.74, 6) is 2.78. The molecule has 602 valence electrons. The van der Waals surface area contributed by atoms with Crippen molar-refractivity contribution in [2.45, 2.75) is 184 Å². The van der Waals surface area contributed by atoms with Crippen molar-refractivity contribution in [3.63, 3.8) is 0 Å². The number of hydrogen-bond donors (Lipinski definition) is 4. The van der Waals surface area contributed by atoms with Gasteiger partial charge in [-0.05, 0) is 209 Å². The van der Waals surface area contributed by atoms with E-state index in [0.717, 1.165) is 125 Å². The maximum atomic E-state index is 13.4. The molecule has 5 aromatic heterocycles. The average molecular weight is 1650 g/mol. The number of aryl methyl sites for hydroxylation is 3. The number of oxazole rings is 1. The summed E-state index contributed by atoms with van der Waals surface area (Å²) in [5, 5.41) is 21.4. The van der Waals surface area contributed by atoms with E-state index in [2.05, 4.69) is 41.5 Å². The Labute approximate surface area is 680 Å². The summed E-state index contributed by atoms with van der Waals surface area (Å²) < 4.78 is 66.2. The second kappa shape index (κ2) is 31.2. The van der Waals surface area contributed by atoms with Gasteiger partial charge in [0.1, 0.15) is 76.4 Å². The molecular weight excluding hydrogens is 1570 g/mol. The van der Waals surface area contributed by atoms with E-state index in [1.54, 1.807) is 53.9 Å². The highest BCUT2D eigenvalue weighted by atomic mass is 35.5. The van der Waals surface area contributed by atoms with Gasteiger partial charge in [-0.1, -0.05) is 76.6 Å². The van der Waals surface area contributed by atoms with Gasteiger partial charge in [0.2, 0.25) is 0 Å². The van der Waals surface area contributed by atoms with Crippen molar-refractivity contribution < 1.29 is 79.5 Å². The van der Waals surface area contributed by atoms with Crippen LogP contribution >= 0.6 is 46.4 Å². The molecule has 0 unspecified atom stereocenters. The van der Waals surface area contributed by atoms with E-state index in [1.807, 2.05) is 64.2 Å². The first-order chi connectivity index (χ1) is 54.7. The van der Waals surface area contributed by atoms with Crippen molar-refractivity contribution in [3.8, 4) is 23.0 Å². The first-order valence-electron chi connectivity index (χ1n) is 38.3. The van der Waals surface area contributed by atoms with Gasteiger partial charge in [-0.15, -0.1) is 0 Å². The molecule has 9 aromatic rings. The zero-order chi connectivity index (χ0) is 81.2. The molecule has 0 saturated heterocycles. The number of fused-ring (bicyclic) bond motifs is 1. The van der Waals surface area contributed by atoms with E-state index in [-0.39, 0.29) is 144 Å². The molecule has 13 fully saturated rings. The van der Waals surface area contributed by atoms with E-state index in [1.165, 1.54) is 30.5 Å². The number of carbonyl (C=O) groups excluding carboxylic acids is 8. The van der Waals surface area contributed by atoms with Gasteiger partial charge in [-0.3, -0.25) is 42.8 Å². The van der Waals surface area contributed by atoms with Crippen molar-refractivity contribution >= 4 is 98.8 Å². The second-order valence-electron chi connectivity index (χ2n) is 34.0. The van der Waals surface area contributed by atoms with Gasteiger partial charge in [0.05, 0.1) is 22.4 Å². The SMILES string of the molecule is CC(C)c1cc(C(=O)CC23CC(NC(=O)COc4ccc(Cl)c(F)c4)(C2)C3)no1.Cc1cc(OCC(=O)CC23CC(NC(=O)c4cc(C5CC5)on4)(C2)C3)ccc1Cl.Cc1cc(OCC(=O)CC23CC(NC(=O)c4cnc5ccccn45)(C2)C3)ccc1Cl.Cc1ncc(C(=O)CC23CC(NC(=O)COc4ccc(Cl)c(F)c4)(C2)C3)o1. The van der Waals surface area contributed by atoms with E-state index in [9.17, 15) is 47.1 Å². The summed E-state index contributed by atoms with van der Waals surface area (Å²) >= 11 is 23.3. The average Bonchev–Trinajstić information content (AvgIpc) is 1.30. The Bertz CT molecular complexity index is 5130. The first kappa shape index (κ1) is 80.2. The number of pyridine rings is 1. The van der Waals surface area contributed by atoms with Crippen LogP contribution in [0.1, 0.15) is 212 Å². The number of rotatable bonds is 30. The fraction of sp³-hybridized carbons (Fsp3) is 0.435. The van der Waals surface area contributed by atoms with Crippen molar-refractivity contribution in [3.05, 3.63) is 205 Å². The Morgan fingerprint density at radius 2 is 0.939 bits per heavy atom. The number of ether oxygens (including phenoxy) is 4. The van der Waals surface area contributed by atoms with Gasteiger partial charge in [-0.2, -0.15) is 0 Å². The van der Waals surface area contributed by atoms with Gasteiger partial charge >= 0.3 is 0 Å². The molecule has 4 aromatic carbocycles. The quantitative estimate of drug-likeness (QED) is 0.0304. The summed E-state index contributed by atoms with van der Waals surface area (Å²) in [6.07, 6.45) is 18.5. The zero-order valence-corrected chi connectivity index (χ0v) is 66.9. The molecule has 13 saturated carbocycles. The number of ketones is 4. The number of imidazole rings is 1. The van der Waals surface area contributed by atoms with E-state index in [0.29, 0.717) is 87.6 Å². The summed E-state index contributed by atoms with van der Waals surface area (Å²) in [7, 11) is 0. The minimum atomic E-state index is -0.595. The summed E-state index contributed by atoms with van der Waals surface area (Å²) in [6.45, 7) is 9.18. The molecule has 30 heteroatoms. The number of nitrogens with one attached hydrogen (secondary N) is 4. The summed E-state index contributed by atoms with van der Waals surface area (Å²) in [5.41, 5.74) is 2.94. The Kier molecular flexibility index (Phi) is 21.8. The van der Waals surface area contributed by atoms with Gasteiger partial charge in [-0.25, -0.2) is 18.7 Å². The number of nitrogens with zero attached hydrogens (tertiary/aromatic N) is 5. The largest absolute Gasteiger partial charge is 0.486 e. The van der Waals surface area contributed by atoms with Crippen LogP contribution in [-0.2, 0) is 19.2 Å². The lowest BCUT2D eigenvalue weighted by Gasteiger charge is -2.70. The number of carbonyl (C=O) groups is 8. The molecule has 0 aliphatic heterocycles. The highest BCUT2D eigenvalue weighted by Gasteiger charge is 2.71. The van der Waals surface area contributed by atoms with Crippen LogP contribution in [0.5, 0.6) is 23.0 Å². The smallest absolute Gasteiger partial charge is 0.273 e. The van der Waals surface area contributed by atoms with Crippen LogP contribution in [0.15, 0.2) is 135 Å². The maximum Gasteiger partial charge on any atom is 0.273 e. The molecule has 5 heterocycles. The molecule has 8 bridgehead atoms. The van der Waals surface area contributed by atoms with Crippen LogP contribution in [0.2, 0.25) is 20.1 Å². The minimum Gasteiger partial charge on any atom is -0.486 e. The molecule has 13 aliphatic carbocycles. The third-order valence-electron chi connectivity index (χ3n) is 23.6. The molecule has 0 radical (unpaired) electrons. The lowest BCUT2D eigenvalue weighted by atomic mass is 9.38. The number of benzene rings is 4. The van der Waals surface area contributed by atoms with Crippen molar-refractivity contribution in [1.29, 1.82) is 0 Å². The predicted molar refractivity (Wildman–Crippen MR) is 417 cm³/mol. The monoisotopic (exact) mass is 1650 g/mol. The van der Waals surface area contributed by atoms with Crippen LogP contribution in [0, 0.1) is 54.1 Å². The fourth-order valence-electron chi connectivity index (χ4n) is 18.8. The third-order valence-corrected chi connectivity index (χ3v) is 25.1. The third kappa shape index (κ3) is 17.6. The maximum absolute atomic E-state index is 13.4. The van der Waals surface area contributed by atoms with Crippen LogP contribution in [0.3, 0.4) is 0 Å². The molecule has 22 rings (SSSR count). The van der Waals surface area contributed by atoms with Crippen LogP contribution in [0.4, 0.5) is 8.78 Å². The number of amides is 4. The van der Waals surface area contributed by atoms with Gasteiger partial charge in [0, 0.05) is 107 Å². The van der Waals surface area contributed by atoms with Crippen LogP contribution in [0.25, 0.3) is 5.65 Å². The molecule has 4 N–H and O–H groups in total. The Hall–Kier alpha value is -10.0. The Morgan fingerprint density at radius 3 is 1.39 bits per heavy atom. The normalized spacial score (nSPS) is 25.2. The Balaban J connectivity index is 0.000000121. The first-order valence-corrected chi connectivity index (χ1v) is 39.8. The molecule has 13 aliphatic rings. The number of Topliss-reactive ketones (excluding diaryl/α,β-unsaturated/α-hetero) is 4. The minimum absolute atomic E-state index is 0.000929. The van der Waals surface area contributed by atoms with Gasteiger partial charge < -0.3 is 53.7 Å². The highest BCUT2D eigenvalue weighted by molar-refractivity contribution is 6.32. The van der Waals surface area contributed by atoms with Crippen LogP contribution < -0.4 is 40.2 Å². The fourth-order valence-corrected chi connectivity index (χ4v) is 19.2. The number of halogens is 6. The lowest BCUT2D eigenvalue weighted by Crippen LogP contribution is -2.75. The van der Waals surface area contributed by atoms with Gasteiger partial charge in [0.15, 0.2) is 53.7 Å². The van der Waals surface area contributed by atoms with Crippen molar-refractivity contribution in [1.82, 2.24) is 45.9 Å². The van der Waals surface area contributed by atoms with Crippen molar-refractivity contribution in [2.24, 2.45) is 21.7 Å². The van der Waals surface area contributed by atoms with Crippen LogP contribution in [-0.4, -0.2) is 120 Å². The summed E-state index contributed by atoms with van der Waals surface area (Å²) in [6, 6.07) is 27.9. The Morgan fingerprint density at radius 1 is 0.496 bits per heavy atom. The zero-order valence-electron chi connectivity index (χ0n) is 63.9. The molecule has 4 amide bonds. The molecule has 24 nitrogen and oxygen atoms in total. The molecule has 0 spiro atoms. The predicted octanol–water partition coefficient (Wildman–Crippen LogP) is 15.9. The summed E-state index contributed by atoms with van der Waals surface area (Å²) in [4.78, 5) is 107. The lowest BCUT2D eigenvalue weighted by molar-refractivity contribution is -0.165. The highest BCUT2D eigenvalue weighted by Crippen LogP contribution is 2.72. The molecular formula is C85H85Cl4F2N9O15.